The van der Waals surface area contributed by atoms with Crippen LogP contribution in [0.2, 0.25) is 0 Å². The zero-order chi connectivity index (χ0) is 50.1. The maximum absolute atomic E-state index is 13.0. The topological polar surface area (TPSA) is 370 Å². The maximum Gasteiger partial charge on any atom is 0.325 e. The lowest BCUT2D eigenvalue weighted by molar-refractivity contribution is -0.190. The minimum absolute atomic E-state index is 0.0616. The van der Waals surface area contributed by atoms with Gasteiger partial charge in [-0.05, 0) is 72.7 Å². The molecule has 16 N–H and O–H groups in total. The number of hydrogen-bond donors (Lipinski definition) is 16. The zero-order valence-electron chi connectivity index (χ0n) is 36.9. The fourth-order valence-electron chi connectivity index (χ4n) is 7.78. The van der Waals surface area contributed by atoms with Crippen LogP contribution in [0.1, 0.15) is 36.1 Å². The largest absolute Gasteiger partial charge is 0.480 e. The summed E-state index contributed by atoms with van der Waals surface area (Å²) in [6.45, 7) is -1.82. The van der Waals surface area contributed by atoms with E-state index < -0.39 is 105 Å². The summed E-state index contributed by atoms with van der Waals surface area (Å²) >= 11 is 10.8. The van der Waals surface area contributed by atoms with Gasteiger partial charge in [-0.1, -0.05) is 24.3 Å². The molecule has 380 valence electrons. The number of ether oxygens (including phenoxy) is 2. The van der Waals surface area contributed by atoms with Gasteiger partial charge < -0.3 is 92.0 Å². The Balaban J connectivity index is 1.45. The summed E-state index contributed by atoms with van der Waals surface area (Å²) in [7, 11) is 0. The summed E-state index contributed by atoms with van der Waals surface area (Å²) in [5, 5.41) is 131. The number of carboxylic acid groups (broad SMARTS) is 3. The fourth-order valence-corrected chi connectivity index (χ4v) is 8.25. The summed E-state index contributed by atoms with van der Waals surface area (Å²) in [5.41, 5.74) is 1.61. The minimum atomic E-state index is -2.19. The Bertz CT molecular complexity index is 1930. The number of aliphatic hydroxyl groups is 9. The average Bonchev–Trinajstić information content (AvgIpc) is 3.41. The number of benzene rings is 2. The van der Waals surface area contributed by atoms with Gasteiger partial charge >= 0.3 is 17.9 Å². The van der Waals surface area contributed by atoms with Crippen molar-refractivity contribution in [2.45, 2.75) is 74.1 Å². The van der Waals surface area contributed by atoms with Crippen LogP contribution in [0.5, 0.6) is 0 Å². The molecule has 68 heavy (non-hydrogen) atoms. The molecule has 10 atom stereocenters. The Morgan fingerprint density at radius 3 is 1.71 bits per heavy atom. The van der Waals surface area contributed by atoms with Gasteiger partial charge in [0, 0.05) is 63.1 Å². The van der Waals surface area contributed by atoms with E-state index in [1.165, 1.54) is 0 Å². The molecule has 2 aromatic carbocycles. The third-order valence-electron chi connectivity index (χ3n) is 11.6. The second-order valence-electron chi connectivity index (χ2n) is 16.4. The highest BCUT2D eigenvalue weighted by Crippen LogP contribution is 2.28. The minimum Gasteiger partial charge on any atom is -0.480 e. The predicted octanol–water partition coefficient (Wildman–Crippen LogP) is -3.55. The molecule has 2 saturated heterocycles. The predicted molar refractivity (Wildman–Crippen MR) is 249 cm³/mol. The molecule has 0 aliphatic carbocycles. The SMILES string of the molecule is O=C(O)CN1CCN(C(C(=O)O)c2ccc(NC(=S)NCC(CO)OC(CO)[C@@H](O)C(O)O)cc2)CCN(C(C(=O)O)c2ccc(NC(=S)NC3CCC(O)[C@H](O)C(CO)CO[C@@H]3O)cc2)CC1. The molecule has 0 amide bonds. The van der Waals surface area contributed by atoms with E-state index in [1.54, 1.807) is 63.2 Å². The third-order valence-corrected chi connectivity index (χ3v) is 12.0. The van der Waals surface area contributed by atoms with Gasteiger partial charge in [-0.25, -0.2) is 0 Å². The second kappa shape index (κ2) is 27.8. The number of hydrogen-bond acceptors (Lipinski definition) is 19. The van der Waals surface area contributed by atoms with Crippen LogP contribution >= 0.6 is 24.4 Å². The molecule has 2 heterocycles. The van der Waals surface area contributed by atoms with Crippen molar-refractivity contribution in [3.8, 4) is 0 Å². The Morgan fingerprint density at radius 1 is 0.735 bits per heavy atom. The summed E-state index contributed by atoms with van der Waals surface area (Å²) < 4.78 is 10.8. The molecule has 2 aliphatic rings. The number of carboxylic acids is 3. The average molecular weight is 1000 g/mol. The molecule has 0 radical (unpaired) electrons. The molecule has 0 saturated carbocycles. The highest BCUT2D eigenvalue weighted by Gasteiger charge is 2.35. The van der Waals surface area contributed by atoms with E-state index in [2.05, 4.69) is 21.3 Å². The van der Waals surface area contributed by atoms with E-state index >= 15 is 0 Å². The van der Waals surface area contributed by atoms with Gasteiger partial charge in [-0.3, -0.25) is 29.1 Å². The monoisotopic (exact) mass is 1000 g/mol. The standard InChI is InChI=1S/C42H63N7O17S2/c50-19-25-22-65-40(64)29(9-10-30(53)35(25)56)46-42(68)45-27-7-3-24(4-8-27)34(38(60)61)49-14-12-47(18-32(54)55)11-13-48(15-16-49)33(37(58)59)23-1-5-26(6-2-23)44-41(67)43-17-28(20-51)66-31(21-52)36(57)39(62)63/h1-8,25,28-31,33-36,39-40,50-53,56-57,62-64H,9-22H2,(H,54,55)(H,58,59)(H,60,61)(H2,43,44,67)(H2,45,46,68)/t25?,28?,29?,30?,31?,33?,34?,35-,36-,40+/m1/s1. The van der Waals surface area contributed by atoms with E-state index in [9.17, 15) is 75.7 Å². The molecular weight excluding hydrogens is 939 g/mol. The van der Waals surface area contributed by atoms with Crippen molar-refractivity contribution in [1.82, 2.24) is 25.3 Å². The van der Waals surface area contributed by atoms with Crippen LogP contribution in [0.4, 0.5) is 11.4 Å². The summed E-state index contributed by atoms with van der Waals surface area (Å²) in [6.07, 6.45) is -10.1. The van der Waals surface area contributed by atoms with Gasteiger partial charge in [0.1, 0.15) is 24.3 Å². The zero-order valence-corrected chi connectivity index (χ0v) is 38.6. The van der Waals surface area contributed by atoms with Gasteiger partial charge in [0.05, 0.1) is 57.3 Å². The highest BCUT2D eigenvalue weighted by molar-refractivity contribution is 7.80. The Kier molecular flexibility index (Phi) is 23.0. The number of nitrogens with zero attached hydrogens (tertiary/aromatic N) is 3. The molecule has 24 nitrogen and oxygen atoms in total. The van der Waals surface area contributed by atoms with Gasteiger partial charge in [-0.15, -0.1) is 0 Å². The number of carbonyl (C=O) groups is 3. The first-order valence-corrected chi connectivity index (χ1v) is 22.5. The van der Waals surface area contributed by atoms with E-state index in [-0.39, 0.29) is 82.0 Å². The summed E-state index contributed by atoms with van der Waals surface area (Å²) in [6, 6.07) is 9.33. The van der Waals surface area contributed by atoms with Crippen molar-refractivity contribution in [3.05, 3.63) is 59.7 Å². The fraction of sp³-hybridized carbons (Fsp3) is 0.595. The van der Waals surface area contributed by atoms with Crippen LogP contribution < -0.4 is 21.3 Å². The molecule has 0 bridgehead atoms. The molecule has 2 fully saturated rings. The number of rotatable bonds is 20. The van der Waals surface area contributed by atoms with E-state index in [4.69, 9.17) is 33.9 Å². The molecule has 2 aromatic rings. The molecule has 2 aliphatic heterocycles. The van der Waals surface area contributed by atoms with E-state index in [0.29, 0.717) is 22.5 Å². The van der Waals surface area contributed by atoms with Crippen LogP contribution in [-0.4, -0.2) is 232 Å². The van der Waals surface area contributed by atoms with Gasteiger partial charge in [0.2, 0.25) is 0 Å². The lowest BCUT2D eigenvalue weighted by Crippen LogP contribution is -2.46. The Hall–Kier alpha value is -4.33. The Labute approximate surface area is 402 Å². The van der Waals surface area contributed by atoms with Crippen molar-refractivity contribution in [1.29, 1.82) is 0 Å². The lowest BCUT2D eigenvalue weighted by Gasteiger charge is -2.33. The number of anilines is 2. The van der Waals surface area contributed by atoms with Gasteiger partial charge in [-0.2, -0.15) is 0 Å². The van der Waals surface area contributed by atoms with Gasteiger partial charge in [0.15, 0.2) is 22.8 Å². The van der Waals surface area contributed by atoms with Crippen LogP contribution in [-0.2, 0) is 23.9 Å². The first-order valence-electron chi connectivity index (χ1n) is 21.7. The number of aliphatic carboxylic acids is 3. The highest BCUT2D eigenvalue weighted by atomic mass is 32.1. The van der Waals surface area contributed by atoms with Crippen molar-refractivity contribution < 1.29 is 85.1 Å². The lowest BCUT2D eigenvalue weighted by atomic mass is 9.96. The molecular formula is C42H63N7O17S2. The van der Waals surface area contributed by atoms with Crippen LogP contribution in [0.15, 0.2) is 48.5 Å². The van der Waals surface area contributed by atoms with Crippen molar-refractivity contribution in [2.24, 2.45) is 5.92 Å². The molecule has 26 heteroatoms. The maximum atomic E-state index is 13.0. The quantitative estimate of drug-likeness (QED) is 0.0451. The van der Waals surface area contributed by atoms with Crippen molar-refractivity contribution in [2.75, 3.05) is 89.4 Å². The summed E-state index contributed by atoms with van der Waals surface area (Å²) in [5.74, 6) is -4.34. The third kappa shape index (κ3) is 17.0. The summed E-state index contributed by atoms with van der Waals surface area (Å²) in [4.78, 5) is 42.7. The number of nitrogens with one attached hydrogen (secondary N) is 4. The molecule has 0 spiro atoms. The number of thiocarbonyl (C=S) groups is 2. The van der Waals surface area contributed by atoms with Gasteiger partial charge in [0.25, 0.3) is 0 Å². The van der Waals surface area contributed by atoms with Crippen molar-refractivity contribution in [3.63, 3.8) is 0 Å². The first-order chi connectivity index (χ1) is 32.3. The van der Waals surface area contributed by atoms with Crippen LogP contribution in [0.3, 0.4) is 0 Å². The van der Waals surface area contributed by atoms with Crippen LogP contribution in [0, 0.1) is 5.92 Å². The number of aliphatic hydroxyl groups excluding tert-OH is 8. The first kappa shape index (κ1) is 56.3. The molecule has 7 unspecified atom stereocenters. The molecule has 0 aromatic heterocycles. The smallest absolute Gasteiger partial charge is 0.325 e. The Morgan fingerprint density at radius 2 is 1.25 bits per heavy atom. The van der Waals surface area contributed by atoms with Crippen molar-refractivity contribution >= 4 is 63.9 Å². The second-order valence-corrected chi connectivity index (χ2v) is 17.2. The normalized spacial score (nSPS) is 23.7. The van der Waals surface area contributed by atoms with E-state index in [0.717, 1.165) is 0 Å². The molecule has 4 rings (SSSR count). The van der Waals surface area contributed by atoms with E-state index in [1.807, 2.05) is 0 Å². The van der Waals surface area contributed by atoms with Crippen LogP contribution in [0.25, 0.3) is 0 Å².